The van der Waals surface area contributed by atoms with Crippen molar-refractivity contribution in [2.75, 3.05) is 5.32 Å². The molecule has 0 aliphatic heterocycles. The molecule has 1 aliphatic carbocycles. The van der Waals surface area contributed by atoms with Crippen LogP contribution >= 0.6 is 0 Å². The summed E-state index contributed by atoms with van der Waals surface area (Å²) in [5.41, 5.74) is 0.890. The summed E-state index contributed by atoms with van der Waals surface area (Å²) in [4.78, 5) is 24.4. The summed E-state index contributed by atoms with van der Waals surface area (Å²) in [6.45, 7) is 1.87. The van der Waals surface area contributed by atoms with Crippen LogP contribution in [0.15, 0.2) is 48.5 Å². The lowest BCUT2D eigenvalue weighted by Crippen LogP contribution is -2.29. The van der Waals surface area contributed by atoms with Gasteiger partial charge in [0.05, 0.1) is 23.6 Å². The van der Waals surface area contributed by atoms with Gasteiger partial charge in [0.15, 0.2) is 0 Å². The number of halogens is 2. The van der Waals surface area contributed by atoms with E-state index in [1.807, 2.05) is 37.3 Å². The summed E-state index contributed by atoms with van der Waals surface area (Å²) >= 11 is 0. The Kier molecular flexibility index (Phi) is 4.79. The maximum atomic E-state index is 13.6. The van der Waals surface area contributed by atoms with Gasteiger partial charge in [-0.3, -0.25) is 9.59 Å². The van der Waals surface area contributed by atoms with Crippen LogP contribution in [0.2, 0.25) is 0 Å². The molecule has 0 radical (unpaired) electrons. The van der Waals surface area contributed by atoms with Crippen LogP contribution in [-0.4, -0.2) is 11.8 Å². The first-order valence-corrected chi connectivity index (χ1v) is 8.07. The third kappa shape index (κ3) is 4.02. The lowest BCUT2D eigenvalue weighted by Gasteiger charge is -2.14. The first-order valence-electron chi connectivity index (χ1n) is 8.07. The van der Waals surface area contributed by atoms with E-state index in [-0.39, 0.29) is 17.6 Å². The van der Waals surface area contributed by atoms with E-state index in [2.05, 4.69) is 10.6 Å². The maximum absolute atomic E-state index is 13.6. The SMILES string of the molecule is CC(NC(=O)C1CC1C(=O)Nc1ccc(F)cc1F)c1ccccc1. The normalized spacial score (nSPS) is 19.8. The molecule has 2 aromatic carbocycles. The van der Waals surface area contributed by atoms with Crippen molar-refractivity contribution >= 4 is 17.5 Å². The summed E-state index contributed by atoms with van der Waals surface area (Å²) in [5, 5.41) is 5.29. The fourth-order valence-corrected chi connectivity index (χ4v) is 2.74. The van der Waals surface area contributed by atoms with Gasteiger partial charge in [-0.1, -0.05) is 30.3 Å². The second-order valence-corrected chi connectivity index (χ2v) is 6.20. The molecule has 1 fully saturated rings. The standard InChI is InChI=1S/C19H18F2N2O2/c1-11(12-5-3-2-4-6-12)22-18(24)14-10-15(14)19(25)23-17-8-7-13(20)9-16(17)21/h2-9,11,14-15H,10H2,1H3,(H,22,24)(H,23,25). The second kappa shape index (κ2) is 7.01. The van der Waals surface area contributed by atoms with Crippen molar-refractivity contribution in [3.8, 4) is 0 Å². The highest BCUT2D eigenvalue weighted by molar-refractivity contribution is 5.99. The van der Waals surface area contributed by atoms with Crippen LogP contribution in [0.3, 0.4) is 0 Å². The maximum Gasteiger partial charge on any atom is 0.228 e. The quantitative estimate of drug-likeness (QED) is 0.873. The zero-order valence-corrected chi connectivity index (χ0v) is 13.6. The molecule has 25 heavy (non-hydrogen) atoms. The number of benzene rings is 2. The van der Waals surface area contributed by atoms with Crippen molar-refractivity contribution in [3.63, 3.8) is 0 Å². The minimum atomic E-state index is -0.840. The van der Waals surface area contributed by atoms with Gasteiger partial charge in [0.2, 0.25) is 11.8 Å². The average Bonchev–Trinajstić information content (AvgIpc) is 3.39. The Morgan fingerprint density at radius 2 is 1.72 bits per heavy atom. The molecule has 3 rings (SSSR count). The molecule has 6 heteroatoms. The molecule has 4 nitrogen and oxygen atoms in total. The summed E-state index contributed by atoms with van der Waals surface area (Å²) in [6, 6.07) is 12.3. The third-order valence-electron chi connectivity index (χ3n) is 4.31. The van der Waals surface area contributed by atoms with Crippen LogP contribution in [0.4, 0.5) is 14.5 Å². The van der Waals surface area contributed by atoms with Gasteiger partial charge in [-0.2, -0.15) is 0 Å². The van der Waals surface area contributed by atoms with E-state index in [9.17, 15) is 18.4 Å². The molecule has 1 aliphatic rings. The predicted octanol–water partition coefficient (Wildman–Crippen LogP) is 3.42. The van der Waals surface area contributed by atoms with E-state index in [1.54, 1.807) is 0 Å². The van der Waals surface area contributed by atoms with Gasteiger partial charge in [0, 0.05) is 6.07 Å². The summed E-state index contributed by atoms with van der Waals surface area (Å²) in [7, 11) is 0. The van der Waals surface area contributed by atoms with Crippen LogP contribution in [0.25, 0.3) is 0 Å². The fraction of sp³-hybridized carbons (Fsp3) is 0.263. The lowest BCUT2D eigenvalue weighted by atomic mass is 10.1. The number of amides is 2. The van der Waals surface area contributed by atoms with E-state index >= 15 is 0 Å². The average molecular weight is 344 g/mol. The number of hydrogen-bond acceptors (Lipinski definition) is 2. The molecule has 0 heterocycles. The van der Waals surface area contributed by atoms with Crippen molar-refractivity contribution in [2.45, 2.75) is 19.4 Å². The topological polar surface area (TPSA) is 58.2 Å². The molecular weight excluding hydrogens is 326 g/mol. The zero-order chi connectivity index (χ0) is 18.0. The molecule has 0 spiro atoms. The third-order valence-corrected chi connectivity index (χ3v) is 4.31. The molecule has 0 aromatic heterocycles. The Bertz CT molecular complexity index is 795. The Hall–Kier alpha value is -2.76. The molecule has 2 N–H and O–H groups in total. The monoisotopic (exact) mass is 344 g/mol. The number of carbonyl (C=O) groups excluding carboxylic acids is 2. The van der Waals surface area contributed by atoms with Gasteiger partial charge < -0.3 is 10.6 Å². The molecule has 3 atom stereocenters. The number of anilines is 1. The molecule has 0 saturated heterocycles. The highest BCUT2D eigenvalue weighted by Gasteiger charge is 2.48. The van der Waals surface area contributed by atoms with Crippen molar-refractivity contribution in [1.82, 2.24) is 5.32 Å². The Labute approximate surface area is 144 Å². The molecular formula is C19H18F2N2O2. The van der Waals surface area contributed by atoms with Gasteiger partial charge in [-0.15, -0.1) is 0 Å². The first kappa shape index (κ1) is 17.1. The highest BCUT2D eigenvalue weighted by Crippen LogP contribution is 2.40. The van der Waals surface area contributed by atoms with Crippen molar-refractivity contribution in [1.29, 1.82) is 0 Å². The molecule has 1 saturated carbocycles. The zero-order valence-electron chi connectivity index (χ0n) is 13.6. The van der Waals surface area contributed by atoms with Crippen LogP contribution in [0.1, 0.15) is 24.9 Å². The smallest absolute Gasteiger partial charge is 0.228 e. The number of nitrogens with one attached hydrogen (secondary N) is 2. The van der Waals surface area contributed by atoms with Crippen LogP contribution in [0, 0.1) is 23.5 Å². The summed E-state index contributed by atoms with van der Waals surface area (Å²) < 4.78 is 26.5. The van der Waals surface area contributed by atoms with E-state index in [4.69, 9.17) is 0 Å². The van der Waals surface area contributed by atoms with Gasteiger partial charge in [-0.25, -0.2) is 8.78 Å². The highest BCUT2D eigenvalue weighted by atomic mass is 19.1. The predicted molar refractivity (Wildman–Crippen MR) is 89.6 cm³/mol. The van der Waals surface area contributed by atoms with Gasteiger partial charge >= 0.3 is 0 Å². The molecule has 0 bridgehead atoms. The van der Waals surface area contributed by atoms with Crippen LogP contribution in [0.5, 0.6) is 0 Å². The van der Waals surface area contributed by atoms with Gasteiger partial charge in [0.25, 0.3) is 0 Å². The summed E-state index contributed by atoms with van der Waals surface area (Å²) in [6.07, 6.45) is 0.419. The molecule has 2 amide bonds. The van der Waals surface area contributed by atoms with E-state index in [0.717, 1.165) is 17.7 Å². The first-order chi connectivity index (χ1) is 12.0. The number of hydrogen-bond donors (Lipinski definition) is 2. The summed E-state index contributed by atoms with van der Waals surface area (Å²) in [5.74, 6) is -3.10. The molecule has 2 aromatic rings. The van der Waals surface area contributed by atoms with Gasteiger partial charge in [-0.05, 0) is 31.0 Å². The Balaban J connectivity index is 1.54. The van der Waals surface area contributed by atoms with E-state index in [1.165, 1.54) is 0 Å². The number of rotatable bonds is 5. The van der Waals surface area contributed by atoms with Crippen molar-refractivity contribution in [3.05, 3.63) is 65.7 Å². The Morgan fingerprint density at radius 3 is 2.40 bits per heavy atom. The molecule has 3 unspecified atom stereocenters. The van der Waals surface area contributed by atoms with E-state index < -0.39 is 29.4 Å². The molecule has 130 valence electrons. The van der Waals surface area contributed by atoms with Gasteiger partial charge in [0.1, 0.15) is 11.6 Å². The van der Waals surface area contributed by atoms with Crippen molar-refractivity contribution in [2.24, 2.45) is 11.8 Å². The van der Waals surface area contributed by atoms with Crippen molar-refractivity contribution < 1.29 is 18.4 Å². The minimum Gasteiger partial charge on any atom is -0.349 e. The lowest BCUT2D eigenvalue weighted by molar-refractivity contribution is -0.125. The Morgan fingerprint density at radius 1 is 1.04 bits per heavy atom. The van der Waals surface area contributed by atoms with Crippen LogP contribution in [-0.2, 0) is 9.59 Å². The minimum absolute atomic E-state index is 0.0879. The van der Waals surface area contributed by atoms with E-state index in [0.29, 0.717) is 12.5 Å². The fourth-order valence-electron chi connectivity index (χ4n) is 2.74. The largest absolute Gasteiger partial charge is 0.349 e. The number of carbonyl (C=O) groups is 2. The second-order valence-electron chi connectivity index (χ2n) is 6.20. The van der Waals surface area contributed by atoms with Crippen LogP contribution < -0.4 is 10.6 Å².